The molecule has 0 radical (unpaired) electrons. The fourth-order valence-electron chi connectivity index (χ4n) is 2.14. The number of rotatable bonds is 8. The Morgan fingerprint density at radius 3 is 2.19 bits per heavy atom. The minimum Gasteiger partial charge on any atom is -0.488 e. The van der Waals surface area contributed by atoms with Crippen LogP contribution in [-0.2, 0) is 23.7 Å². The predicted molar refractivity (Wildman–Crippen MR) is 77.5 cm³/mol. The van der Waals surface area contributed by atoms with Gasteiger partial charge in [0.05, 0.1) is 26.4 Å². The maximum Gasteiger partial charge on any atom is 0.302 e. The molecule has 0 amide bonds. The van der Waals surface area contributed by atoms with Crippen molar-refractivity contribution in [2.24, 2.45) is 0 Å². The van der Waals surface area contributed by atoms with Crippen LogP contribution in [0.1, 0.15) is 39.5 Å². The third-order valence-electron chi connectivity index (χ3n) is 3.43. The minimum absolute atomic E-state index is 0.265. The molecule has 0 bridgehead atoms. The van der Waals surface area contributed by atoms with Crippen LogP contribution in [0.2, 0.25) is 0 Å². The number of carbonyl (C=O) groups is 1. The largest absolute Gasteiger partial charge is 0.488 e. The van der Waals surface area contributed by atoms with Gasteiger partial charge >= 0.3 is 5.79 Å². The van der Waals surface area contributed by atoms with Crippen molar-refractivity contribution in [1.82, 2.24) is 0 Å². The third-order valence-corrected chi connectivity index (χ3v) is 3.43. The van der Waals surface area contributed by atoms with Gasteiger partial charge in [-0.3, -0.25) is 4.79 Å². The van der Waals surface area contributed by atoms with Crippen molar-refractivity contribution < 1.29 is 23.7 Å². The Bertz CT molecular complexity index is 414. The number of carbonyl (C=O) groups excluding carboxylic acids is 1. The number of Topliss-reactive ketones (excluding diaryl/α,β-unsaturated/α-hetero) is 1. The second-order valence-corrected chi connectivity index (χ2v) is 5.10. The molecule has 0 aromatic heterocycles. The van der Waals surface area contributed by atoms with E-state index in [1.54, 1.807) is 0 Å². The van der Waals surface area contributed by atoms with Crippen LogP contribution in [0, 0.1) is 0 Å². The van der Waals surface area contributed by atoms with Crippen LogP contribution < -0.4 is 0 Å². The average molecular weight is 296 g/mol. The zero-order valence-electron chi connectivity index (χ0n) is 12.9. The molecule has 0 fully saturated rings. The van der Waals surface area contributed by atoms with Crippen molar-refractivity contribution in [3.63, 3.8) is 0 Å². The predicted octanol–water partition coefficient (Wildman–Crippen LogP) is 2.71. The lowest BCUT2D eigenvalue weighted by Crippen LogP contribution is -2.56. The molecule has 0 unspecified atom stereocenters. The average Bonchev–Trinajstić information content (AvgIpc) is 2.77. The fourth-order valence-corrected chi connectivity index (χ4v) is 2.14. The number of unbranched alkanes of at least 4 members (excludes halogenated alkanes) is 2. The highest BCUT2D eigenvalue weighted by Crippen LogP contribution is 2.41. The molecule has 1 aliphatic heterocycles. The van der Waals surface area contributed by atoms with Crippen molar-refractivity contribution in [2.75, 3.05) is 26.4 Å². The van der Waals surface area contributed by atoms with Crippen LogP contribution in [-0.4, -0.2) is 38.0 Å². The van der Waals surface area contributed by atoms with E-state index in [1.165, 1.54) is 0 Å². The van der Waals surface area contributed by atoms with Crippen molar-refractivity contribution in [3.8, 4) is 0 Å². The van der Waals surface area contributed by atoms with E-state index in [9.17, 15) is 4.79 Å². The molecule has 0 aromatic carbocycles. The lowest BCUT2D eigenvalue weighted by molar-refractivity contribution is -0.230. The fraction of sp³-hybridized carbons (Fsp3) is 0.688. The van der Waals surface area contributed by atoms with E-state index in [2.05, 4.69) is 13.8 Å². The highest BCUT2D eigenvalue weighted by atomic mass is 16.7. The standard InChI is InChI=1S/C16H24O5/c1-3-5-9-18-13-14(17)16(15(13)19-10-6-4-2)20-11-7-8-12-21-16/h7-8H,3-6,9-12H2,1-2H3. The summed E-state index contributed by atoms with van der Waals surface area (Å²) in [6, 6.07) is 0. The number of ether oxygens (including phenoxy) is 4. The van der Waals surface area contributed by atoms with Gasteiger partial charge in [-0.15, -0.1) is 0 Å². The van der Waals surface area contributed by atoms with Crippen LogP contribution in [0.3, 0.4) is 0 Å². The number of hydrogen-bond acceptors (Lipinski definition) is 5. The van der Waals surface area contributed by atoms with Gasteiger partial charge in [0, 0.05) is 0 Å². The summed E-state index contributed by atoms with van der Waals surface area (Å²) in [5.74, 6) is -0.991. The van der Waals surface area contributed by atoms with Crippen LogP contribution in [0.5, 0.6) is 0 Å². The van der Waals surface area contributed by atoms with Gasteiger partial charge in [-0.25, -0.2) is 0 Å². The second-order valence-electron chi connectivity index (χ2n) is 5.10. The van der Waals surface area contributed by atoms with Crippen LogP contribution >= 0.6 is 0 Å². The van der Waals surface area contributed by atoms with Crippen molar-refractivity contribution in [3.05, 3.63) is 23.7 Å². The SMILES string of the molecule is CCCCOC1=C(OCCCC)C2(OCC=CCO2)C1=O. The maximum absolute atomic E-state index is 12.4. The van der Waals surface area contributed by atoms with E-state index in [1.807, 2.05) is 12.2 Å². The molecule has 1 heterocycles. The quantitative estimate of drug-likeness (QED) is 0.509. The molecular formula is C16H24O5. The first kappa shape index (κ1) is 16.0. The summed E-state index contributed by atoms with van der Waals surface area (Å²) >= 11 is 0. The minimum atomic E-state index is -1.39. The molecule has 21 heavy (non-hydrogen) atoms. The molecule has 5 nitrogen and oxygen atoms in total. The Balaban J connectivity index is 2.10. The van der Waals surface area contributed by atoms with E-state index >= 15 is 0 Å². The first-order chi connectivity index (χ1) is 10.3. The Morgan fingerprint density at radius 2 is 1.62 bits per heavy atom. The molecule has 0 aromatic rings. The van der Waals surface area contributed by atoms with Gasteiger partial charge in [-0.1, -0.05) is 38.8 Å². The van der Waals surface area contributed by atoms with Gasteiger partial charge < -0.3 is 18.9 Å². The molecule has 1 spiro atoms. The third kappa shape index (κ3) is 3.30. The summed E-state index contributed by atoms with van der Waals surface area (Å²) in [7, 11) is 0. The van der Waals surface area contributed by atoms with E-state index in [0.29, 0.717) is 32.2 Å². The molecule has 0 saturated heterocycles. The van der Waals surface area contributed by atoms with E-state index in [0.717, 1.165) is 25.7 Å². The molecule has 0 N–H and O–H groups in total. The summed E-state index contributed by atoms with van der Waals surface area (Å²) in [5.41, 5.74) is 0. The molecule has 0 atom stereocenters. The summed E-state index contributed by atoms with van der Waals surface area (Å²) in [5, 5.41) is 0. The van der Waals surface area contributed by atoms with E-state index in [-0.39, 0.29) is 11.5 Å². The highest BCUT2D eigenvalue weighted by molar-refractivity contribution is 6.09. The summed E-state index contributed by atoms with van der Waals surface area (Å²) in [4.78, 5) is 12.4. The van der Waals surface area contributed by atoms with Gasteiger partial charge in [0.2, 0.25) is 11.5 Å². The van der Waals surface area contributed by atoms with Crippen molar-refractivity contribution in [1.29, 1.82) is 0 Å². The van der Waals surface area contributed by atoms with Crippen LogP contribution in [0.4, 0.5) is 0 Å². The molecule has 5 heteroatoms. The van der Waals surface area contributed by atoms with Gasteiger partial charge in [-0.2, -0.15) is 0 Å². The van der Waals surface area contributed by atoms with E-state index < -0.39 is 5.79 Å². The van der Waals surface area contributed by atoms with Gasteiger partial charge in [-0.05, 0) is 12.8 Å². The van der Waals surface area contributed by atoms with Crippen LogP contribution in [0.15, 0.2) is 23.7 Å². The molecule has 2 rings (SSSR count). The van der Waals surface area contributed by atoms with Crippen LogP contribution in [0.25, 0.3) is 0 Å². The number of hydrogen-bond donors (Lipinski definition) is 0. The zero-order valence-corrected chi connectivity index (χ0v) is 12.9. The first-order valence-corrected chi connectivity index (χ1v) is 7.74. The zero-order chi connectivity index (χ0) is 15.1. The smallest absolute Gasteiger partial charge is 0.302 e. The van der Waals surface area contributed by atoms with Gasteiger partial charge in [0.25, 0.3) is 5.78 Å². The second kappa shape index (κ2) is 7.61. The Morgan fingerprint density at radius 1 is 1.05 bits per heavy atom. The Hall–Kier alpha value is -1.33. The first-order valence-electron chi connectivity index (χ1n) is 7.74. The Labute approximate surface area is 125 Å². The lowest BCUT2D eigenvalue weighted by atomic mass is 9.94. The van der Waals surface area contributed by atoms with E-state index in [4.69, 9.17) is 18.9 Å². The lowest BCUT2D eigenvalue weighted by Gasteiger charge is -2.40. The maximum atomic E-state index is 12.4. The van der Waals surface area contributed by atoms with Gasteiger partial charge in [0.15, 0.2) is 0 Å². The molecule has 118 valence electrons. The van der Waals surface area contributed by atoms with Crippen molar-refractivity contribution in [2.45, 2.75) is 45.3 Å². The summed E-state index contributed by atoms with van der Waals surface area (Å²) in [6.45, 7) is 5.85. The highest BCUT2D eigenvalue weighted by Gasteiger charge is 2.61. The van der Waals surface area contributed by atoms with Crippen molar-refractivity contribution >= 4 is 5.78 Å². The molecule has 0 saturated carbocycles. The topological polar surface area (TPSA) is 54.0 Å². The summed E-state index contributed by atoms with van der Waals surface area (Å²) in [6.07, 6.45) is 7.51. The molecule has 2 aliphatic rings. The van der Waals surface area contributed by atoms with Gasteiger partial charge in [0.1, 0.15) is 0 Å². The monoisotopic (exact) mass is 296 g/mol. The Kier molecular flexibility index (Phi) is 5.82. The molecular weight excluding hydrogens is 272 g/mol. The number of ketones is 1. The normalized spacial score (nSPS) is 20.4. The summed E-state index contributed by atoms with van der Waals surface area (Å²) < 4.78 is 22.5. The molecule has 1 aliphatic carbocycles.